The number of aromatic nitrogens is 1. The van der Waals surface area contributed by atoms with Crippen molar-refractivity contribution >= 4 is 15.9 Å². The quantitative estimate of drug-likeness (QED) is 0.728. The maximum atomic E-state index is 4.30. The van der Waals surface area contributed by atoms with Crippen molar-refractivity contribution in [2.24, 2.45) is 0 Å². The number of halogens is 1. The fourth-order valence-corrected chi connectivity index (χ4v) is 4.04. The van der Waals surface area contributed by atoms with Crippen LogP contribution in [0.25, 0.3) is 0 Å². The van der Waals surface area contributed by atoms with Gasteiger partial charge in [-0.3, -0.25) is 9.88 Å². The Morgan fingerprint density at radius 1 is 1.19 bits per heavy atom. The summed E-state index contributed by atoms with van der Waals surface area (Å²) in [6.07, 6.45) is 7.12. The van der Waals surface area contributed by atoms with Gasteiger partial charge in [-0.1, -0.05) is 27.7 Å². The maximum absolute atomic E-state index is 4.30. The van der Waals surface area contributed by atoms with Crippen LogP contribution in [0.4, 0.5) is 0 Å². The smallest absolute Gasteiger partial charge is 0.0410 e. The molecule has 0 aliphatic rings. The van der Waals surface area contributed by atoms with Gasteiger partial charge in [0, 0.05) is 28.4 Å². The van der Waals surface area contributed by atoms with Crippen molar-refractivity contribution in [3.05, 3.63) is 28.5 Å². The van der Waals surface area contributed by atoms with Gasteiger partial charge in [0.25, 0.3) is 0 Å². The molecule has 0 spiro atoms. The van der Waals surface area contributed by atoms with E-state index in [-0.39, 0.29) is 5.54 Å². The van der Waals surface area contributed by atoms with Gasteiger partial charge in [0.1, 0.15) is 0 Å². The van der Waals surface area contributed by atoms with E-state index in [0.29, 0.717) is 6.04 Å². The van der Waals surface area contributed by atoms with Crippen LogP contribution in [-0.2, 0) is 6.42 Å². The zero-order chi connectivity index (χ0) is 15.9. The van der Waals surface area contributed by atoms with Gasteiger partial charge in [0.15, 0.2) is 0 Å². The Bertz CT molecular complexity index is 414. The molecule has 1 unspecified atom stereocenters. The van der Waals surface area contributed by atoms with Crippen LogP contribution in [0.5, 0.6) is 0 Å². The summed E-state index contributed by atoms with van der Waals surface area (Å²) in [5.41, 5.74) is 1.47. The molecule has 120 valence electrons. The molecule has 21 heavy (non-hydrogen) atoms. The number of hydrogen-bond acceptors (Lipinski definition) is 3. The van der Waals surface area contributed by atoms with E-state index in [9.17, 15) is 0 Å². The molecular formula is C17H30BrN3. The summed E-state index contributed by atoms with van der Waals surface area (Å²) in [6.45, 7) is 11.3. The van der Waals surface area contributed by atoms with Crippen molar-refractivity contribution in [2.45, 2.75) is 58.5 Å². The molecule has 0 aromatic carbocycles. The summed E-state index contributed by atoms with van der Waals surface area (Å²) >= 11 is 3.52. The van der Waals surface area contributed by atoms with Crippen LogP contribution >= 0.6 is 15.9 Å². The van der Waals surface area contributed by atoms with Gasteiger partial charge in [-0.15, -0.1) is 0 Å². The van der Waals surface area contributed by atoms with E-state index >= 15 is 0 Å². The number of rotatable bonds is 9. The molecule has 1 N–H and O–H groups in total. The Morgan fingerprint density at radius 2 is 1.81 bits per heavy atom. The largest absolute Gasteiger partial charge is 0.315 e. The second-order valence-electron chi connectivity index (χ2n) is 5.54. The Morgan fingerprint density at radius 3 is 2.24 bits per heavy atom. The zero-order valence-corrected chi connectivity index (χ0v) is 15.7. The second kappa shape index (κ2) is 8.86. The molecule has 4 heteroatoms. The lowest BCUT2D eigenvalue weighted by Crippen LogP contribution is -2.61. The molecule has 0 radical (unpaired) electrons. The van der Waals surface area contributed by atoms with Crippen LogP contribution in [0.1, 0.15) is 46.1 Å². The van der Waals surface area contributed by atoms with Crippen molar-refractivity contribution in [3.63, 3.8) is 0 Å². The van der Waals surface area contributed by atoms with Crippen LogP contribution in [0.2, 0.25) is 0 Å². The average Bonchev–Trinajstić information content (AvgIpc) is 2.51. The molecule has 0 aliphatic carbocycles. The van der Waals surface area contributed by atoms with Gasteiger partial charge in [-0.25, -0.2) is 0 Å². The standard InChI is InChI=1S/C17H30BrN3/c1-6-17(7-2,21(8-3)9-4)16(19-5)11-14-10-15(18)13-20-12-14/h10,12-13,16,19H,6-9,11H2,1-5H3. The first-order valence-electron chi connectivity index (χ1n) is 8.09. The van der Waals surface area contributed by atoms with Gasteiger partial charge in [0.05, 0.1) is 0 Å². The number of pyridine rings is 1. The fourth-order valence-electron chi connectivity index (χ4n) is 3.63. The highest BCUT2D eigenvalue weighted by molar-refractivity contribution is 9.10. The first-order valence-corrected chi connectivity index (χ1v) is 8.88. The van der Waals surface area contributed by atoms with Crippen molar-refractivity contribution in [1.82, 2.24) is 15.2 Å². The highest BCUT2D eigenvalue weighted by Gasteiger charge is 2.39. The molecule has 0 saturated carbocycles. The second-order valence-corrected chi connectivity index (χ2v) is 6.46. The predicted molar refractivity (Wildman–Crippen MR) is 94.7 cm³/mol. The minimum absolute atomic E-state index is 0.195. The third-order valence-corrected chi connectivity index (χ3v) is 5.25. The molecule has 1 aromatic heterocycles. The molecule has 1 rings (SSSR count). The van der Waals surface area contributed by atoms with E-state index in [0.717, 1.165) is 36.8 Å². The molecule has 0 fully saturated rings. The number of nitrogens with one attached hydrogen (secondary N) is 1. The molecule has 1 atom stereocenters. The lowest BCUT2D eigenvalue weighted by molar-refractivity contribution is 0.0519. The third-order valence-electron chi connectivity index (χ3n) is 4.82. The molecule has 1 aromatic rings. The molecule has 3 nitrogen and oxygen atoms in total. The maximum Gasteiger partial charge on any atom is 0.0410 e. The normalized spacial score (nSPS) is 13.7. The molecule has 1 heterocycles. The average molecular weight is 356 g/mol. The lowest BCUT2D eigenvalue weighted by Gasteiger charge is -2.48. The molecular weight excluding hydrogens is 326 g/mol. The molecule has 0 amide bonds. The van der Waals surface area contributed by atoms with Crippen LogP contribution in [0.15, 0.2) is 22.9 Å². The van der Waals surface area contributed by atoms with Crippen molar-refractivity contribution < 1.29 is 0 Å². The summed E-state index contributed by atoms with van der Waals surface area (Å²) in [5.74, 6) is 0. The van der Waals surface area contributed by atoms with E-state index in [1.807, 2.05) is 12.4 Å². The Hall–Kier alpha value is -0.450. The summed E-state index contributed by atoms with van der Waals surface area (Å²) in [7, 11) is 2.08. The summed E-state index contributed by atoms with van der Waals surface area (Å²) in [5, 5.41) is 3.58. The van der Waals surface area contributed by atoms with E-state index < -0.39 is 0 Å². The monoisotopic (exact) mass is 355 g/mol. The highest BCUT2D eigenvalue weighted by Crippen LogP contribution is 2.30. The fraction of sp³-hybridized carbons (Fsp3) is 0.706. The van der Waals surface area contributed by atoms with Gasteiger partial charge in [-0.05, 0) is 67.0 Å². The first-order chi connectivity index (χ1) is 10.1. The van der Waals surface area contributed by atoms with Gasteiger partial charge < -0.3 is 5.32 Å². The van der Waals surface area contributed by atoms with Crippen LogP contribution < -0.4 is 5.32 Å². The molecule has 0 aliphatic heterocycles. The van der Waals surface area contributed by atoms with E-state index in [1.54, 1.807) is 0 Å². The zero-order valence-electron chi connectivity index (χ0n) is 14.1. The first kappa shape index (κ1) is 18.6. The van der Waals surface area contributed by atoms with Gasteiger partial charge >= 0.3 is 0 Å². The summed E-state index contributed by atoms with van der Waals surface area (Å²) < 4.78 is 1.05. The Kier molecular flexibility index (Phi) is 7.85. The minimum atomic E-state index is 0.195. The van der Waals surface area contributed by atoms with Gasteiger partial charge in [0.2, 0.25) is 0 Å². The summed E-state index contributed by atoms with van der Waals surface area (Å²) in [6, 6.07) is 2.60. The predicted octanol–water partition coefficient (Wildman–Crippen LogP) is 3.88. The van der Waals surface area contributed by atoms with Crippen LogP contribution in [0, 0.1) is 0 Å². The molecule has 0 bridgehead atoms. The van der Waals surface area contributed by atoms with E-state index in [4.69, 9.17) is 0 Å². The van der Waals surface area contributed by atoms with E-state index in [2.05, 4.69) is 71.9 Å². The number of hydrogen-bond donors (Lipinski definition) is 1. The Balaban J connectivity index is 3.07. The van der Waals surface area contributed by atoms with Gasteiger partial charge in [-0.2, -0.15) is 0 Å². The van der Waals surface area contributed by atoms with Crippen molar-refractivity contribution in [2.75, 3.05) is 20.1 Å². The topological polar surface area (TPSA) is 28.2 Å². The highest BCUT2D eigenvalue weighted by atomic mass is 79.9. The van der Waals surface area contributed by atoms with Crippen molar-refractivity contribution in [1.29, 1.82) is 0 Å². The Labute approximate surface area is 138 Å². The minimum Gasteiger partial charge on any atom is -0.315 e. The van der Waals surface area contributed by atoms with Crippen molar-refractivity contribution in [3.8, 4) is 0 Å². The number of likely N-dealkylation sites (N-methyl/N-ethyl adjacent to an activating group) is 2. The van der Waals surface area contributed by atoms with E-state index in [1.165, 1.54) is 5.56 Å². The lowest BCUT2D eigenvalue weighted by atomic mass is 9.79. The summed E-state index contributed by atoms with van der Waals surface area (Å²) in [4.78, 5) is 6.91. The van der Waals surface area contributed by atoms with Crippen LogP contribution in [0.3, 0.4) is 0 Å². The SMILES string of the molecule is CCN(CC)C(CC)(CC)C(Cc1cncc(Br)c1)NC. The third kappa shape index (κ3) is 4.27. The number of nitrogens with zero attached hydrogens (tertiary/aromatic N) is 2. The molecule has 0 saturated heterocycles. The van der Waals surface area contributed by atoms with Crippen LogP contribution in [-0.4, -0.2) is 41.6 Å².